The van der Waals surface area contributed by atoms with E-state index in [1.165, 1.54) is 11.0 Å². The van der Waals surface area contributed by atoms with Gasteiger partial charge in [0.25, 0.3) is 10.0 Å². The monoisotopic (exact) mass is 268 g/mol. The molecule has 0 saturated heterocycles. The highest BCUT2D eigenvalue weighted by Gasteiger charge is 2.39. The van der Waals surface area contributed by atoms with E-state index in [4.69, 9.17) is 0 Å². The summed E-state index contributed by atoms with van der Waals surface area (Å²) < 4.78 is 25.6. The summed E-state index contributed by atoms with van der Waals surface area (Å²) in [5.41, 5.74) is 0.440. The molecule has 0 radical (unpaired) electrons. The van der Waals surface area contributed by atoms with Crippen molar-refractivity contribution in [2.24, 2.45) is 0 Å². The highest BCUT2D eigenvalue weighted by molar-refractivity contribution is 7.90. The third-order valence-electron chi connectivity index (χ3n) is 3.01. The predicted molar refractivity (Wildman–Crippen MR) is 69.0 cm³/mol. The van der Waals surface area contributed by atoms with Crippen molar-refractivity contribution in [3.05, 3.63) is 24.3 Å². The maximum absolute atomic E-state index is 12.3. The molecule has 2 amide bonds. The number of hydrogen-bond acceptors (Lipinski definition) is 3. The Labute approximate surface area is 107 Å². The van der Waals surface area contributed by atoms with Crippen LogP contribution in [0.15, 0.2) is 29.2 Å². The van der Waals surface area contributed by atoms with Crippen molar-refractivity contribution in [1.29, 1.82) is 0 Å². The summed E-state index contributed by atoms with van der Waals surface area (Å²) in [6.45, 7) is 2.19. The SMILES string of the molecule is CCCCN1C(=O)N(C)c2ccccc2S1(=O)=O. The molecule has 1 aliphatic heterocycles. The third-order valence-corrected chi connectivity index (χ3v) is 4.83. The maximum atomic E-state index is 12.3. The molecule has 1 aliphatic rings. The Hall–Kier alpha value is -1.56. The van der Waals surface area contributed by atoms with Crippen LogP contribution in [0.5, 0.6) is 0 Å². The fourth-order valence-corrected chi connectivity index (χ4v) is 3.62. The van der Waals surface area contributed by atoms with Crippen LogP contribution in [-0.2, 0) is 10.0 Å². The van der Waals surface area contributed by atoms with E-state index in [0.29, 0.717) is 12.1 Å². The first-order valence-corrected chi connectivity index (χ1v) is 7.33. The van der Waals surface area contributed by atoms with Gasteiger partial charge in [0.05, 0.1) is 5.69 Å². The van der Waals surface area contributed by atoms with Crippen molar-refractivity contribution in [2.45, 2.75) is 24.7 Å². The van der Waals surface area contributed by atoms with Gasteiger partial charge in [0, 0.05) is 13.6 Å². The van der Waals surface area contributed by atoms with Gasteiger partial charge in [-0.2, -0.15) is 0 Å². The van der Waals surface area contributed by atoms with Crippen LogP contribution in [0.4, 0.5) is 10.5 Å². The van der Waals surface area contributed by atoms with Gasteiger partial charge in [0.15, 0.2) is 0 Å². The molecule has 1 aromatic rings. The van der Waals surface area contributed by atoms with E-state index < -0.39 is 16.1 Å². The zero-order chi connectivity index (χ0) is 13.3. The van der Waals surface area contributed by atoms with Gasteiger partial charge in [-0.1, -0.05) is 25.5 Å². The first-order chi connectivity index (χ1) is 8.50. The van der Waals surface area contributed by atoms with E-state index in [-0.39, 0.29) is 11.4 Å². The van der Waals surface area contributed by atoms with Crippen LogP contribution in [0.2, 0.25) is 0 Å². The third kappa shape index (κ3) is 1.86. The van der Waals surface area contributed by atoms with Crippen LogP contribution in [-0.4, -0.2) is 32.3 Å². The zero-order valence-electron chi connectivity index (χ0n) is 10.5. The average Bonchev–Trinajstić information content (AvgIpc) is 2.36. The van der Waals surface area contributed by atoms with E-state index in [2.05, 4.69) is 0 Å². The highest BCUT2D eigenvalue weighted by Crippen LogP contribution is 2.33. The lowest BCUT2D eigenvalue weighted by atomic mass is 10.3. The molecule has 0 aromatic heterocycles. The minimum Gasteiger partial charge on any atom is -0.295 e. The minimum atomic E-state index is -3.70. The number of amides is 2. The number of carbonyl (C=O) groups excluding carboxylic acids is 1. The van der Waals surface area contributed by atoms with Crippen molar-refractivity contribution >= 4 is 21.7 Å². The van der Waals surface area contributed by atoms with Crippen molar-refractivity contribution in [3.63, 3.8) is 0 Å². The lowest BCUT2D eigenvalue weighted by Crippen LogP contribution is -2.49. The van der Waals surface area contributed by atoms with Crippen LogP contribution in [0, 0.1) is 0 Å². The van der Waals surface area contributed by atoms with E-state index >= 15 is 0 Å². The molecule has 98 valence electrons. The Kier molecular flexibility index (Phi) is 3.30. The fourth-order valence-electron chi connectivity index (χ4n) is 1.96. The van der Waals surface area contributed by atoms with Crippen LogP contribution in [0.3, 0.4) is 0 Å². The van der Waals surface area contributed by atoms with Gasteiger partial charge >= 0.3 is 6.03 Å². The van der Waals surface area contributed by atoms with Gasteiger partial charge in [-0.15, -0.1) is 0 Å². The normalized spacial score (nSPS) is 17.8. The lowest BCUT2D eigenvalue weighted by molar-refractivity contribution is 0.228. The van der Waals surface area contributed by atoms with Crippen molar-refractivity contribution in [1.82, 2.24) is 4.31 Å². The summed E-state index contributed by atoms with van der Waals surface area (Å²) in [6, 6.07) is 6.08. The highest BCUT2D eigenvalue weighted by atomic mass is 32.2. The van der Waals surface area contributed by atoms with Gasteiger partial charge in [0.1, 0.15) is 4.90 Å². The summed E-state index contributed by atoms with van der Waals surface area (Å²) >= 11 is 0. The van der Waals surface area contributed by atoms with Gasteiger partial charge < -0.3 is 0 Å². The fraction of sp³-hybridized carbons (Fsp3) is 0.417. The number of sulfonamides is 1. The molecule has 0 bridgehead atoms. The Balaban J connectivity index is 2.52. The smallest absolute Gasteiger partial charge is 0.295 e. The number of anilines is 1. The Bertz CT molecular complexity index is 568. The van der Waals surface area contributed by atoms with E-state index in [1.54, 1.807) is 25.2 Å². The number of nitrogens with zero attached hydrogens (tertiary/aromatic N) is 2. The van der Waals surface area contributed by atoms with Gasteiger partial charge in [-0.05, 0) is 18.6 Å². The van der Waals surface area contributed by atoms with Crippen LogP contribution in [0.25, 0.3) is 0 Å². The van der Waals surface area contributed by atoms with Crippen molar-refractivity contribution < 1.29 is 13.2 Å². The molecular weight excluding hydrogens is 252 g/mol. The topological polar surface area (TPSA) is 57.7 Å². The molecule has 6 heteroatoms. The molecule has 18 heavy (non-hydrogen) atoms. The van der Waals surface area contributed by atoms with Crippen LogP contribution in [0.1, 0.15) is 19.8 Å². The molecule has 1 aromatic carbocycles. The Morgan fingerprint density at radius 3 is 2.56 bits per heavy atom. The average molecular weight is 268 g/mol. The molecule has 0 N–H and O–H groups in total. The van der Waals surface area contributed by atoms with Gasteiger partial charge in [-0.3, -0.25) is 4.90 Å². The van der Waals surface area contributed by atoms with E-state index in [0.717, 1.165) is 10.7 Å². The summed E-state index contributed by atoms with van der Waals surface area (Å²) in [6.07, 6.45) is 1.51. The number of urea groups is 1. The number of fused-ring (bicyclic) bond motifs is 1. The van der Waals surface area contributed by atoms with Crippen LogP contribution >= 0.6 is 0 Å². The molecule has 0 fully saturated rings. The van der Waals surface area contributed by atoms with Gasteiger partial charge in [-0.25, -0.2) is 17.5 Å². The molecule has 1 heterocycles. The number of carbonyl (C=O) groups is 1. The second kappa shape index (κ2) is 4.61. The number of unbranched alkanes of at least 4 members (excludes halogenated alkanes) is 1. The second-order valence-electron chi connectivity index (χ2n) is 4.24. The zero-order valence-corrected chi connectivity index (χ0v) is 11.3. The summed E-state index contributed by atoms with van der Waals surface area (Å²) in [4.78, 5) is 13.7. The molecular formula is C12H16N2O3S. The van der Waals surface area contributed by atoms with Crippen molar-refractivity contribution in [2.75, 3.05) is 18.5 Å². The standard InChI is InChI=1S/C12H16N2O3S/c1-3-4-9-14-12(15)13(2)10-7-5-6-8-11(10)18(14,16)17/h5-8H,3-4,9H2,1-2H3. The largest absolute Gasteiger partial charge is 0.338 e. The molecule has 0 aliphatic carbocycles. The van der Waals surface area contributed by atoms with Crippen LogP contribution < -0.4 is 4.90 Å². The molecule has 5 nitrogen and oxygen atoms in total. The Morgan fingerprint density at radius 2 is 1.89 bits per heavy atom. The number of rotatable bonds is 3. The summed E-state index contributed by atoms with van der Waals surface area (Å²) in [7, 11) is -2.10. The number of para-hydroxylation sites is 1. The number of benzene rings is 1. The lowest BCUT2D eigenvalue weighted by Gasteiger charge is -2.34. The summed E-state index contributed by atoms with van der Waals surface area (Å²) in [5, 5.41) is 0. The molecule has 0 unspecified atom stereocenters. The Morgan fingerprint density at radius 1 is 1.22 bits per heavy atom. The molecule has 0 saturated carbocycles. The van der Waals surface area contributed by atoms with E-state index in [9.17, 15) is 13.2 Å². The second-order valence-corrected chi connectivity index (χ2v) is 6.07. The number of hydrogen-bond donors (Lipinski definition) is 0. The molecule has 2 rings (SSSR count). The quantitative estimate of drug-likeness (QED) is 0.843. The minimum absolute atomic E-state index is 0.197. The molecule has 0 atom stereocenters. The summed E-state index contributed by atoms with van der Waals surface area (Å²) in [5.74, 6) is 0. The first-order valence-electron chi connectivity index (χ1n) is 5.89. The van der Waals surface area contributed by atoms with Crippen molar-refractivity contribution in [3.8, 4) is 0 Å². The van der Waals surface area contributed by atoms with Gasteiger partial charge in [0.2, 0.25) is 0 Å². The molecule has 0 spiro atoms. The van der Waals surface area contributed by atoms with E-state index in [1.807, 2.05) is 6.92 Å². The maximum Gasteiger partial charge on any atom is 0.338 e. The first kappa shape index (κ1) is 12.9. The predicted octanol–water partition coefficient (Wildman–Crippen LogP) is 2.05.